The molecule has 1 atom stereocenters. The molecule has 0 spiro atoms. The van der Waals surface area contributed by atoms with Crippen LogP contribution in [-0.4, -0.2) is 29.9 Å². The molecule has 11 rings (SSSR count). The molecule has 7 aromatic carbocycles. The number of nitrogens with zero attached hydrogens (tertiary/aromatic N) is 6. The Morgan fingerprint density at radius 3 is 1.28 bits per heavy atom. The van der Waals surface area contributed by atoms with Crippen molar-refractivity contribution in [3.63, 3.8) is 0 Å². The van der Waals surface area contributed by atoms with Crippen LogP contribution in [-0.2, 0) is 0 Å². The van der Waals surface area contributed by atoms with Crippen LogP contribution in [0.25, 0.3) is 103 Å². The fourth-order valence-corrected chi connectivity index (χ4v) is 8.09. The molecular weight excluding hydrogens is 749 g/mol. The Morgan fingerprint density at radius 1 is 0.361 bits per heavy atom. The minimum Gasteiger partial charge on any atom is -0.456 e. The minimum absolute atomic E-state index is 0.283. The zero-order valence-corrected chi connectivity index (χ0v) is 32.9. The number of hydrogen-bond acceptors (Lipinski definition) is 7. The lowest BCUT2D eigenvalue weighted by Gasteiger charge is -2.13. The second-order valence-electron chi connectivity index (χ2n) is 15.0. The third-order valence-electron chi connectivity index (χ3n) is 11.2. The Bertz CT molecular complexity index is 3260. The van der Waals surface area contributed by atoms with E-state index in [4.69, 9.17) is 34.3 Å². The summed E-state index contributed by atoms with van der Waals surface area (Å²) in [5.74, 6) is 3.60. The van der Waals surface area contributed by atoms with E-state index in [0.29, 0.717) is 34.9 Å². The number of aromatic nitrogens is 6. The number of fused-ring (bicyclic) bond motifs is 3. The molecule has 10 aromatic rings. The first-order valence-electron chi connectivity index (χ1n) is 20.4. The molecule has 7 heteroatoms. The van der Waals surface area contributed by atoms with Crippen molar-refractivity contribution in [2.45, 2.75) is 12.3 Å². The van der Waals surface area contributed by atoms with E-state index in [1.54, 1.807) is 0 Å². The first kappa shape index (κ1) is 36.0. The molecule has 61 heavy (non-hydrogen) atoms. The molecule has 0 bridgehead atoms. The van der Waals surface area contributed by atoms with Crippen molar-refractivity contribution in [1.29, 1.82) is 0 Å². The van der Waals surface area contributed by atoms with E-state index in [1.165, 1.54) is 5.56 Å². The average molecular weight is 785 g/mol. The maximum absolute atomic E-state index is 6.65. The summed E-state index contributed by atoms with van der Waals surface area (Å²) in [5.41, 5.74) is 10.3. The molecule has 1 aliphatic carbocycles. The molecule has 3 heterocycles. The zero-order valence-electron chi connectivity index (χ0n) is 32.9. The van der Waals surface area contributed by atoms with Crippen LogP contribution < -0.4 is 10.6 Å². The maximum Gasteiger partial charge on any atom is 0.164 e. The SMILES string of the molecule is C1=c2oc3c(-c4ccc(-c5nc(-c6ccccc6)nc(-c6ccccc6-c6nc(-c7ccccc7)nc(-c7ccccc7)n6)n5)cc4)cccc3c2=CCC1c1ccccc1. The summed E-state index contributed by atoms with van der Waals surface area (Å²) in [4.78, 5) is 30.3. The summed E-state index contributed by atoms with van der Waals surface area (Å²) in [6, 6.07) is 63.4. The van der Waals surface area contributed by atoms with Gasteiger partial charge in [-0.1, -0.05) is 194 Å². The van der Waals surface area contributed by atoms with E-state index in [-0.39, 0.29) is 5.92 Å². The summed E-state index contributed by atoms with van der Waals surface area (Å²) in [6.45, 7) is 0. The number of furan rings is 1. The average Bonchev–Trinajstić information content (AvgIpc) is 3.73. The lowest BCUT2D eigenvalue weighted by Crippen LogP contribution is -2.24. The van der Waals surface area contributed by atoms with Gasteiger partial charge in [-0.05, 0) is 23.6 Å². The molecule has 0 fully saturated rings. The van der Waals surface area contributed by atoms with Gasteiger partial charge in [0.15, 0.2) is 34.9 Å². The van der Waals surface area contributed by atoms with Gasteiger partial charge in [-0.2, -0.15) is 0 Å². The van der Waals surface area contributed by atoms with Crippen molar-refractivity contribution < 1.29 is 4.42 Å². The van der Waals surface area contributed by atoms with Gasteiger partial charge in [0.05, 0.1) is 0 Å². The van der Waals surface area contributed by atoms with Gasteiger partial charge >= 0.3 is 0 Å². The smallest absolute Gasteiger partial charge is 0.164 e. The maximum atomic E-state index is 6.65. The Balaban J connectivity index is 1.01. The van der Waals surface area contributed by atoms with E-state index < -0.39 is 0 Å². The Morgan fingerprint density at radius 2 is 0.770 bits per heavy atom. The summed E-state index contributed by atoms with van der Waals surface area (Å²) in [7, 11) is 0. The molecule has 0 saturated carbocycles. The number of rotatable bonds is 8. The first-order valence-corrected chi connectivity index (χ1v) is 20.4. The van der Waals surface area contributed by atoms with Crippen LogP contribution in [0.3, 0.4) is 0 Å². The molecule has 0 radical (unpaired) electrons. The molecule has 0 N–H and O–H groups in total. The Kier molecular flexibility index (Phi) is 9.16. The Labute approximate surface area is 352 Å². The predicted molar refractivity (Wildman–Crippen MR) is 243 cm³/mol. The second-order valence-corrected chi connectivity index (χ2v) is 15.0. The molecule has 1 unspecified atom stereocenters. The summed E-state index contributed by atoms with van der Waals surface area (Å²) in [5, 5.41) is 2.29. The monoisotopic (exact) mass is 784 g/mol. The molecule has 0 saturated heterocycles. The van der Waals surface area contributed by atoms with Gasteiger partial charge in [-0.25, -0.2) is 29.9 Å². The highest BCUT2D eigenvalue weighted by atomic mass is 16.3. The van der Waals surface area contributed by atoms with Crippen LogP contribution in [0.5, 0.6) is 0 Å². The zero-order chi connectivity index (χ0) is 40.5. The summed E-state index contributed by atoms with van der Waals surface area (Å²) >= 11 is 0. The molecular formula is C54H36N6O. The molecule has 0 amide bonds. The third-order valence-corrected chi connectivity index (χ3v) is 11.2. The van der Waals surface area contributed by atoms with Crippen molar-refractivity contribution in [1.82, 2.24) is 29.9 Å². The van der Waals surface area contributed by atoms with E-state index in [0.717, 1.165) is 72.5 Å². The van der Waals surface area contributed by atoms with Gasteiger partial charge in [-0.15, -0.1) is 0 Å². The normalized spacial score (nSPS) is 13.3. The van der Waals surface area contributed by atoms with Crippen molar-refractivity contribution in [2.24, 2.45) is 0 Å². The number of para-hydroxylation sites is 1. The van der Waals surface area contributed by atoms with Crippen LogP contribution in [0, 0.1) is 0 Å². The second kappa shape index (κ2) is 15.5. The first-order chi connectivity index (χ1) is 30.2. The highest BCUT2D eigenvalue weighted by Crippen LogP contribution is 2.35. The van der Waals surface area contributed by atoms with Crippen molar-refractivity contribution in [3.8, 4) is 79.5 Å². The van der Waals surface area contributed by atoms with E-state index in [9.17, 15) is 0 Å². The van der Waals surface area contributed by atoms with Gasteiger partial charge in [0.1, 0.15) is 11.0 Å². The quantitative estimate of drug-likeness (QED) is 0.151. The summed E-state index contributed by atoms with van der Waals surface area (Å²) in [6.07, 6.45) is 5.52. The van der Waals surface area contributed by atoms with E-state index in [1.807, 2.05) is 115 Å². The molecule has 1 aliphatic rings. The molecule has 7 nitrogen and oxygen atoms in total. The van der Waals surface area contributed by atoms with Crippen LogP contribution in [0.4, 0.5) is 0 Å². The van der Waals surface area contributed by atoms with Gasteiger partial charge in [0, 0.05) is 55.5 Å². The van der Waals surface area contributed by atoms with Crippen LogP contribution in [0.1, 0.15) is 17.9 Å². The standard InChI is InChI=1S/C54H36N6O/c1-5-16-35(17-6-1)41-32-33-43-44-27-15-26-42(48(44)61-47(43)34-41)36-28-30-40(31-29-36)52-56-51(39-22-11-4-12-23-39)59-54(60-52)46-25-14-13-24-45(46)53-57-49(37-18-7-2-8-19-37)55-50(58-53)38-20-9-3-10-21-38/h1-31,33-34,41H,32H2. The van der Waals surface area contributed by atoms with Crippen molar-refractivity contribution in [2.75, 3.05) is 0 Å². The number of hydrogen-bond donors (Lipinski definition) is 0. The van der Waals surface area contributed by atoms with Crippen LogP contribution in [0.2, 0.25) is 0 Å². The van der Waals surface area contributed by atoms with Crippen molar-refractivity contribution in [3.05, 3.63) is 204 Å². The fraction of sp³-hybridized carbons (Fsp3) is 0.0370. The van der Waals surface area contributed by atoms with Crippen LogP contribution >= 0.6 is 0 Å². The largest absolute Gasteiger partial charge is 0.456 e. The molecule has 0 aliphatic heterocycles. The predicted octanol–water partition coefficient (Wildman–Crippen LogP) is 11.2. The minimum atomic E-state index is 0.283. The van der Waals surface area contributed by atoms with Gasteiger partial charge in [0.2, 0.25) is 0 Å². The van der Waals surface area contributed by atoms with Gasteiger partial charge in [0.25, 0.3) is 0 Å². The lowest BCUT2D eigenvalue weighted by atomic mass is 9.92. The lowest BCUT2D eigenvalue weighted by molar-refractivity contribution is 0.570. The van der Waals surface area contributed by atoms with Gasteiger partial charge in [-0.3, -0.25) is 0 Å². The highest BCUT2D eigenvalue weighted by Gasteiger charge is 2.20. The van der Waals surface area contributed by atoms with E-state index >= 15 is 0 Å². The van der Waals surface area contributed by atoms with E-state index in [2.05, 4.69) is 84.9 Å². The topological polar surface area (TPSA) is 90.5 Å². The fourth-order valence-electron chi connectivity index (χ4n) is 8.09. The van der Waals surface area contributed by atoms with Crippen LogP contribution in [0.15, 0.2) is 192 Å². The molecule has 288 valence electrons. The summed E-state index contributed by atoms with van der Waals surface area (Å²) < 4.78 is 6.65. The Hall–Kier alpha value is -8.16. The number of benzene rings is 7. The van der Waals surface area contributed by atoms with Gasteiger partial charge < -0.3 is 4.42 Å². The van der Waals surface area contributed by atoms with Crippen molar-refractivity contribution >= 4 is 23.1 Å². The third kappa shape index (κ3) is 6.98. The molecule has 3 aromatic heterocycles. The highest BCUT2D eigenvalue weighted by molar-refractivity contribution is 5.94.